The molecule has 0 amide bonds. The molecule has 1 rings (SSSR count). The second-order valence-electron chi connectivity index (χ2n) is 3.28. The summed E-state index contributed by atoms with van der Waals surface area (Å²) in [5, 5.41) is 20.4. The van der Waals surface area contributed by atoms with E-state index >= 15 is 0 Å². The Morgan fingerprint density at radius 3 is 2.59 bits per heavy atom. The number of methoxy groups -OCH3 is 2. The standard InChI is InChI=1S/C11H15NO5/c1-16-7-3-4-10(17-2)8(5-7)12-9(6-13)11(14)15/h3-5,9,12-13H,6H2,1-2H3,(H,14,15). The summed E-state index contributed by atoms with van der Waals surface area (Å²) in [6.07, 6.45) is 0. The van der Waals surface area contributed by atoms with Gasteiger partial charge in [-0.1, -0.05) is 0 Å². The Kier molecular flexibility index (Phi) is 4.59. The van der Waals surface area contributed by atoms with Crippen LogP contribution in [0.4, 0.5) is 5.69 Å². The van der Waals surface area contributed by atoms with Crippen molar-refractivity contribution in [1.82, 2.24) is 0 Å². The lowest BCUT2D eigenvalue weighted by Crippen LogP contribution is -2.32. The molecular formula is C11H15NO5. The molecule has 0 heterocycles. The maximum atomic E-state index is 10.8. The van der Waals surface area contributed by atoms with Gasteiger partial charge in [0.15, 0.2) is 0 Å². The first-order chi connectivity index (χ1) is 8.12. The van der Waals surface area contributed by atoms with E-state index in [1.54, 1.807) is 18.2 Å². The monoisotopic (exact) mass is 241 g/mol. The van der Waals surface area contributed by atoms with Crippen molar-refractivity contribution >= 4 is 11.7 Å². The summed E-state index contributed by atoms with van der Waals surface area (Å²) in [5.74, 6) is -0.0988. The largest absolute Gasteiger partial charge is 0.497 e. The highest BCUT2D eigenvalue weighted by molar-refractivity contribution is 5.78. The van der Waals surface area contributed by atoms with Gasteiger partial charge in [-0.15, -0.1) is 0 Å². The molecule has 17 heavy (non-hydrogen) atoms. The zero-order valence-corrected chi connectivity index (χ0v) is 9.64. The summed E-state index contributed by atoms with van der Waals surface area (Å²) in [6, 6.07) is 3.86. The number of anilines is 1. The van der Waals surface area contributed by atoms with Crippen LogP contribution in [-0.2, 0) is 4.79 Å². The van der Waals surface area contributed by atoms with Crippen LogP contribution in [0.1, 0.15) is 0 Å². The van der Waals surface area contributed by atoms with Gasteiger partial charge in [-0.3, -0.25) is 0 Å². The van der Waals surface area contributed by atoms with Crippen molar-refractivity contribution in [1.29, 1.82) is 0 Å². The van der Waals surface area contributed by atoms with Gasteiger partial charge in [0.1, 0.15) is 17.5 Å². The van der Waals surface area contributed by atoms with Crippen LogP contribution in [0.2, 0.25) is 0 Å². The zero-order chi connectivity index (χ0) is 12.8. The third-order valence-electron chi connectivity index (χ3n) is 2.22. The van der Waals surface area contributed by atoms with E-state index in [0.717, 1.165) is 0 Å². The summed E-state index contributed by atoms with van der Waals surface area (Å²) < 4.78 is 10.1. The number of carbonyl (C=O) groups is 1. The molecule has 0 aliphatic rings. The number of ether oxygens (including phenoxy) is 2. The highest BCUT2D eigenvalue weighted by Crippen LogP contribution is 2.29. The normalized spacial score (nSPS) is 11.7. The molecule has 1 aromatic carbocycles. The number of aliphatic hydroxyl groups excluding tert-OH is 1. The molecule has 0 aliphatic carbocycles. The Morgan fingerprint density at radius 2 is 2.12 bits per heavy atom. The Hall–Kier alpha value is -1.95. The van der Waals surface area contributed by atoms with Crippen molar-refractivity contribution < 1.29 is 24.5 Å². The average Bonchev–Trinajstić information content (AvgIpc) is 2.35. The van der Waals surface area contributed by atoms with Gasteiger partial charge < -0.3 is 25.0 Å². The summed E-state index contributed by atoms with van der Waals surface area (Å²) in [6.45, 7) is -0.518. The molecule has 94 valence electrons. The first-order valence-electron chi connectivity index (χ1n) is 4.94. The van der Waals surface area contributed by atoms with Crippen LogP contribution in [0.3, 0.4) is 0 Å². The Balaban J connectivity index is 2.97. The smallest absolute Gasteiger partial charge is 0.328 e. The van der Waals surface area contributed by atoms with Gasteiger partial charge in [-0.05, 0) is 12.1 Å². The fraction of sp³-hybridized carbons (Fsp3) is 0.364. The van der Waals surface area contributed by atoms with E-state index in [1.165, 1.54) is 14.2 Å². The summed E-state index contributed by atoms with van der Waals surface area (Å²) in [4.78, 5) is 10.8. The molecule has 0 aromatic heterocycles. The number of nitrogens with one attached hydrogen (secondary N) is 1. The van der Waals surface area contributed by atoms with Gasteiger partial charge >= 0.3 is 5.97 Å². The average molecular weight is 241 g/mol. The van der Waals surface area contributed by atoms with Crippen molar-refractivity contribution in [2.45, 2.75) is 6.04 Å². The fourth-order valence-corrected chi connectivity index (χ4v) is 1.30. The highest BCUT2D eigenvalue weighted by Gasteiger charge is 2.17. The molecule has 0 fully saturated rings. The molecule has 0 saturated heterocycles. The number of aliphatic carboxylic acids is 1. The Bertz CT molecular complexity index is 393. The summed E-state index contributed by atoms with van der Waals surface area (Å²) >= 11 is 0. The summed E-state index contributed by atoms with van der Waals surface area (Å²) in [5.41, 5.74) is 0.452. The molecule has 0 saturated carbocycles. The predicted octanol–water partition coefficient (Wildman–Crippen LogP) is 0.561. The lowest BCUT2D eigenvalue weighted by atomic mass is 10.2. The van der Waals surface area contributed by atoms with E-state index < -0.39 is 18.6 Å². The van der Waals surface area contributed by atoms with Crippen molar-refractivity contribution in [3.05, 3.63) is 18.2 Å². The number of carboxylic acid groups (broad SMARTS) is 1. The van der Waals surface area contributed by atoms with E-state index in [1.807, 2.05) is 0 Å². The molecule has 6 nitrogen and oxygen atoms in total. The maximum Gasteiger partial charge on any atom is 0.328 e. The molecule has 1 unspecified atom stereocenters. The van der Waals surface area contributed by atoms with Crippen molar-refractivity contribution in [3.8, 4) is 11.5 Å². The molecule has 1 aromatic rings. The van der Waals surface area contributed by atoms with E-state index in [-0.39, 0.29) is 0 Å². The third kappa shape index (κ3) is 3.25. The lowest BCUT2D eigenvalue weighted by Gasteiger charge is -2.16. The van der Waals surface area contributed by atoms with E-state index in [9.17, 15) is 4.79 Å². The Morgan fingerprint density at radius 1 is 1.41 bits per heavy atom. The number of hydrogen-bond donors (Lipinski definition) is 3. The SMILES string of the molecule is COc1ccc(OC)c(NC(CO)C(=O)O)c1. The van der Waals surface area contributed by atoms with Crippen LogP contribution in [0, 0.1) is 0 Å². The minimum absolute atomic E-state index is 0.452. The molecule has 1 atom stereocenters. The van der Waals surface area contributed by atoms with Crippen molar-refractivity contribution in [3.63, 3.8) is 0 Å². The molecule has 6 heteroatoms. The maximum absolute atomic E-state index is 10.8. The predicted molar refractivity (Wildman–Crippen MR) is 61.7 cm³/mol. The van der Waals surface area contributed by atoms with Gasteiger partial charge in [0.25, 0.3) is 0 Å². The van der Waals surface area contributed by atoms with E-state index in [2.05, 4.69) is 5.32 Å². The first kappa shape index (κ1) is 13.1. The molecule has 0 spiro atoms. The van der Waals surface area contributed by atoms with Crippen LogP contribution in [-0.4, -0.2) is 43.1 Å². The fourth-order valence-electron chi connectivity index (χ4n) is 1.30. The number of benzene rings is 1. The number of carboxylic acids is 1. The van der Waals surface area contributed by atoms with Crippen molar-refractivity contribution in [2.24, 2.45) is 0 Å². The van der Waals surface area contributed by atoms with Crippen LogP contribution in [0.15, 0.2) is 18.2 Å². The van der Waals surface area contributed by atoms with Crippen LogP contribution < -0.4 is 14.8 Å². The second-order valence-corrected chi connectivity index (χ2v) is 3.28. The van der Waals surface area contributed by atoms with Crippen LogP contribution in [0.25, 0.3) is 0 Å². The molecule has 0 bridgehead atoms. The first-order valence-corrected chi connectivity index (χ1v) is 4.94. The third-order valence-corrected chi connectivity index (χ3v) is 2.22. The van der Waals surface area contributed by atoms with Crippen LogP contribution >= 0.6 is 0 Å². The molecule has 0 radical (unpaired) electrons. The van der Waals surface area contributed by atoms with Gasteiger partial charge in [-0.2, -0.15) is 0 Å². The van der Waals surface area contributed by atoms with Gasteiger partial charge in [-0.25, -0.2) is 4.79 Å². The van der Waals surface area contributed by atoms with Gasteiger partial charge in [0, 0.05) is 6.07 Å². The number of aliphatic hydroxyl groups is 1. The minimum Gasteiger partial charge on any atom is -0.497 e. The zero-order valence-electron chi connectivity index (χ0n) is 9.64. The molecule has 0 aliphatic heterocycles. The highest BCUT2D eigenvalue weighted by atomic mass is 16.5. The lowest BCUT2D eigenvalue weighted by molar-refractivity contribution is -0.138. The number of rotatable bonds is 6. The molecular weight excluding hydrogens is 226 g/mol. The topological polar surface area (TPSA) is 88.0 Å². The Labute approximate surface area is 98.8 Å². The van der Waals surface area contributed by atoms with Crippen LogP contribution in [0.5, 0.6) is 11.5 Å². The summed E-state index contributed by atoms with van der Waals surface area (Å²) in [7, 11) is 2.98. The number of hydrogen-bond acceptors (Lipinski definition) is 5. The van der Waals surface area contributed by atoms with Gasteiger partial charge in [0.2, 0.25) is 0 Å². The molecule has 3 N–H and O–H groups in total. The van der Waals surface area contributed by atoms with E-state index in [0.29, 0.717) is 17.2 Å². The minimum atomic E-state index is -1.14. The van der Waals surface area contributed by atoms with Crippen molar-refractivity contribution in [2.75, 3.05) is 26.1 Å². The van der Waals surface area contributed by atoms with Gasteiger partial charge in [0.05, 0.1) is 26.5 Å². The quantitative estimate of drug-likeness (QED) is 0.674. The van der Waals surface area contributed by atoms with E-state index in [4.69, 9.17) is 19.7 Å². The second kappa shape index (κ2) is 5.95.